The van der Waals surface area contributed by atoms with Crippen molar-refractivity contribution in [2.75, 3.05) is 24.6 Å². The molecule has 1 aliphatic heterocycles. The molecule has 0 amide bonds. The highest BCUT2D eigenvalue weighted by atomic mass is 19.4. The molecule has 1 aliphatic rings. The van der Waals surface area contributed by atoms with Gasteiger partial charge >= 0.3 is 6.18 Å². The zero-order valence-corrected chi connectivity index (χ0v) is 11.1. The third kappa shape index (κ3) is 2.65. The van der Waals surface area contributed by atoms with Gasteiger partial charge in [-0.05, 0) is 30.9 Å². The van der Waals surface area contributed by atoms with Gasteiger partial charge in [0, 0.05) is 19.7 Å². The Labute approximate surface area is 118 Å². The molecule has 2 aromatic heterocycles. The first-order chi connectivity index (χ1) is 9.99. The largest absolute Gasteiger partial charge is 0.453 e. The number of fused-ring (bicyclic) bond motifs is 1. The molecule has 6 nitrogen and oxygen atoms in total. The van der Waals surface area contributed by atoms with E-state index in [0.29, 0.717) is 18.9 Å². The number of rotatable bonds is 2. The van der Waals surface area contributed by atoms with Crippen LogP contribution in [0.3, 0.4) is 0 Å². The summed E-state index contributed by atoms with van der Waals surface area (Å²) in [5.41, 5.74) is 0.0572. The van der Waals surface area contributed by atoms with Crippen LogP contribution in [0.15, 0.2) is 12.1 Å². The van der Waals surface area contributed by atoms with E-state index in [9.17, 15) is 18.3 Å². The Morgan fingerprint density at radius 2 is 2.10 bits per heavy atom. The van der Waals surface area contributed by atoms with Crippen LogP contribution in [0.5, 0.6) is 0 Å². The Hall–Kier alpha value is -1.90. The molecule has 0 aliphatic carbocycles. The zero-order valence-electron chi connectivity index (χ0n) is 11.1. The molecule has 0 radical (unpaired) electrons. The second-order valence-electron chi connectivity index (χ2n) is 5.12. The van der Waals surface area contributed by atoms with Crippen LogP contribution in [0.2, 0.25) is 0 Å². The Morgan fingerprint density at radius 3 is 2.81 bits per heavy atom. The molecule has 3 rings (SSSR count). The molecule has 0 unspecified atom stereocenters. The Kier molecular flexibility index (Phi) is 3.44. The summed E-state index contributed by atoms with van der Waals surface area (Å²) in [4.78, 5) is 1.88. The molecular weight excluding hydrogens is 287 g/mol. The van der Waals surface area contributed by atoms with Gasteiger partial charge in [0.2, 0.25) is 0 Å². The fraction of sp³-hybridized carbons (Fsp3) is 0.583. The Balaban J connectivity index is 1.96. The summed E-state index contributed by atoms with van der Waals surface area (Å²) in [5, 5.41) is 19.9. The third-order valence-corrected chi connectivity index (χ3v) is 3.60. The van der Waals surface area contributed by atoms with E-state index in [1.54, 1.807) is 6.07 Å². The SMILES string of the molecule is OC[C@@H]1CCCN(c2ccc3nnc(C(F)(F)F)n3n2)C1. The van der Waals surface area contributed by atoms with Crippen LogP contribution in [-0.4, -0.2) is 44.6 Å². The summed E-state index contributed by atoms with van der Waals surface area (Å²) in [6.45, 7) is 1.36. The number of aliphatic hydroxyl groups is 1. The number of nitrogens with zero attached hydrogens (tertiary/aromatic N) is 5. The number of halogens is 3. The van der Waals surface area contributed by atoms with Gasteiger partial charge in [0.05, 0.1) is 0 Å². The smallest absolute Gasteiger partial charge is 0.396 e. The molecule has 2 aromatic rings. The van der Waals surface area contributed by atoms with Crippen molar-refractivity contribution in [1.29, 1.82) is 0 Å². The number of aromatic nitrogens is 4. The van der Waals surface area contributed by atoms with Crippen molar-refractivity contribution in [2.24, 2.45) is 5.92 Å². The van der Waals surface area contributed by atoms with Gasteiger partial charge in [-0.2, -0.15) is 17.7 Å². The number of aliphatic hydroxyl groups excluding tert-OH is 1. The second kappa shape index (κ2) is 5.14. The quantitative estimate of drug-likeness (QED) is 0.907. The monoisotopic (exact) mass is 301 g/mol. The molecule has 1 atom stereocenters. The number of hydrogen-bond acceptors (Lipinski definition) is 5. The maximum atomic E-state index is 12.8. The van der Waals surface area contributed by atoms with Crippen LogP contribution in [0.1, 0.15) is 18.7 Å². The first kappa shape index (κ1) is 14.1. The van der Waals surface area contributed by atoms with Gasteiger partial charge in [-0.25, -0.2) is 0 Å². The van der Waals surface area contributed by atoms with E-state index in [1.807, 2.05) is 4.90 Å². The minimum atomic E-state index is -4.60. The first-order valence-electron chi connectivity index (χ1n) is 6.64. The van der Waals surface area contributed by atoms with Gasteiger partial charge in [-0.1, -0.05) is 0 Å². The molecule has 21 heavy (non-hydrogen) atoms. The van der Waals surface area contributed by atoms with Crippen molar-refractivity contribution in [2.45, 2.75) is 19.0 Å². The predicted molar refractivity (Wildman–Crippen MR) is 67.8 cm³/mol. The number of hydrogen-bond donors (Lipinski definition) is 1. The van der Waals surface area contributed by atoms with Crippen molar-refractivity contribution in [3.05, 3.63) is 18.0 Å². The van der Waals surface area contributed by atoms with Crippen LogP contribution < -0.4 is 4.90 Å². The van der Waals surface area contributed by atoms with Gasteiger partial charge in [0.15, 0.2) is 5.65 Å². The standard InChI is InChI=1S/C12H14F3N5O/c13-12(14,15)11-17-16-9-3-4-10(18-20(9)11)19-5-1-2-8(6-19)7-21/h3-4,8,21H,1-2,5-7H2/t8-/m1/s1. The van der Waals surface area contributed by atoms with E-state index in [0.717, 1.165) is 17.4 Å². The van der Waals surface area contributed by atoms with E-state index in [-0.39, 0.29) is 18.2 Å². The zero-order chi connectivity index (χ0) is 15.0. The lowest BCUT2D eigenvalue weighted by Crippen LogP contribution is -2.37. The molecule has 1 N–H and O–H groups in total. The number of anilines is 1. The van der Waals surface area contributed by atoms with Crippen molar-refractivity contribution >= 4 is 11.5 Å². The molecule has 0 bridgehead atoms. The molecule has 9 heteroatoms. The summed E-state index contributed by atoms with van der Waals surface area (Å²) in [6.07, 6.45) is -2.81. The summed E-state index contributed by atoms with van der Waals surface area (Å²) in [5.74, 6) is -0.569. The van der Waals surface area contributed by atoms with Crippen molar-refractivity contribution < 1.29 is 18.3 Å². The van der Waals surface area contributed by atoms with Gasteiger partial charge in [0.1, 0.15) is 5.82 Å². The number of alkyl halides is 3. The minimum Gasteiger partial charge on any atom is -0.396 e. The van der Waals surface area contributed by atoms with Crippen LogP contribution >= 0.6 is 0 Å². The van der Waals surface area contributed by atoms with E-state index in [2.05, 4.69) is 15.3 Å². The van der Waals surface area contributed by atoms with Crippen LogP contribution in [-0.2, 0) is 6.18 Å². The van der Waals surface area contributed by atoms with E-state index in [1.165, 1.54) is 6.07 Å². The maximum Gasteiger partial charge on any atom is 0.453 e. The fourth-order valence-corrected chi connectivity index (χ4v) is 2.55. The molecule has 114 valence electrons. The average molecular weight is 301 g/mol. The summed E-state index contributed by atoms with van der Waals surface area (Å²) < 4.78 is 39.2. The van der Waals surface area contributed by atoms with Gasteiger partial charge < -0.3 is 10.0 Å². The van der Waals surface area contributed by atoms with Crippen LogP contribution in [0, 0.1) is 5.92 Å². The number of piperidine rings is 1. The van der Waals surface area contributed by atoms with E-state index in [4.69, 9.17) is 0 Å². The third-order valence-electron chi connectivity index (χ3n) is 3.60. The highest BCUT2D eigenvalue weighted by molar-refractivity contribution is 5.46. The van der Waals surface area contributed by atoms with E-state index >= 15 is 0 Å². The van der Waals surface area contributed by atoms with Crippen LogP contribution in [0.25, 0.3) is 5.65 Å². The van der Waals surface area contributed by atoms with Gasteiger partial charge in [-0.3, -0.25) is 0 Å². The molecule has 3 heterocycles. The highest BCUT2D eigenvalue weighted by Crippen LogP contribution is 2.28. The Bertz CT molecular complexity index is 641. The summed E-state index contributed by atoms with van der Waals surface area (Å²) >= 11 is 0. The van der Waals surface area contributed by atoms with E-state index < -0.39 is 12.0 Å². The van der Waals surface area contributed by atoms with Crippen LogP contribution in [0.4, 0.5) is 19.0 Å². The average Bonchev–Trinajstić information content (AvgIpc) is 2.90. The van der Waals surface area contributed by atoms with Gasteiger partial charge in [0.25, 0.3) is 5.82 Å². The molecule has 1 fully saturated rings. The summed E-state index contributed by atoms with van der Waals surface area (Å²) in [7, 11) is 0. The van der Waals surface area contributed by atoms with Crippen molar-refractivity contribution in [1.82, 2.24) is 19.8 Å². The highest BCUT2D eigenvalue weighted by Gasteiger charge is 2.37. The Morgan fingerprint density at radius 1 is 1.29 bits per heavy atom. The lowest BCUT2D eigenvalue weighted by atomic mass is 9.99. The molecule has 1 saturated heterocycles. The first-order valence-corrected chi connectivity index (χ1v) is 6.64. The van der Waals surface area contributed by atoms with Gasteiger partial charge in [-0.15, -0.1) is 15.3 Å². The molecular formula is C12H14F3N5O. The lowest BCUT2D eigenvalue weighted by molar-refractivity contribution is -0.146. The topological polar surface area (TPSA) is 66.5 Å². The minimum absolute atomic E-state index is 0.0572. The molecule has 0 spiro atoms. The predicted octanol–water partition coefficient (Wildman–Crippen LogP) is 1.35. The second-order valence-corrected chi connectivity index (χ2v) is 5.12. The normalized spacial score (nSPS) is 20.2. The molecule has 0 saturated carbocycles. The van der Waals surface area contributed by atoms with Crippen molar-refractivity contribution in [3.8, 4) is 0 Å². The molecule has 0 aromatic carbocycles. The lowest BCUT2D eigenvalue weighted by Gasteiger charge is -2.32. The summed E-state index contributed by atoms with van der Waals surface area (Å²) in [6, 6.07) is 3.09. The fourth-order valence-electron chi connectivity index (χ4n) is 2.55. The van der Waals surface area contributed by atoms with Crippen molar-refractivity contribution in [3.63, 3.8) is 0 Å². The maximum absolute atomic E-state index is 12.8.